The number of halogens is 1. The van der Waals surface area contributed by atoms with Gasteiger partial charge in [-0.3, -0.25) is 0 Å². The Kier molecular flexibility index (Phi) is 2.24. The van der Waals surface area contributed by atoms with Crippen molar-refractivity contribution in [1.82, 2.24) is 0 Å². The van der Waals surface area contributed by atoms with Gasteiger partial charge in [0.05, 0.1) is 11.7 Å². The van der Waals surface area contributed by atoms with Crippen molar-refractivity contribution >= 4 is 5.69 Å². The van der Waals surface area contributed by atoms with Crippen LogP contribution in [0.4, 0.5) is 10.1 Å². The van der Waals surface area contributed by atoms with Gasteiger partial charge in [-0.2, -0.15) is 0 Å². The lowest BCUT2D eigenvalue weighted by Gasteiger charge is -2.21. The SMILES string of the molecule is N[C@@H]1CNc2cc(F)ccc2O[C@H]1C1CC1. The third kappa shape index (κ3) is 1.73. The number of hydrogen-bond donors (Lipinski definition) is 2. The molecule has 0 aromatic heterocycles. The maximum atomic E-state index is 13.1. The molecule has 0 spiro atoms. The Bertz CT molecular complexity index is 406. The molecule has 1 aromatic rings. The highest BCUT2D eigenvalue weighted by Gasteiger charge is 2.38. The predicted molar refractivity (Wildman–Crippen MR) is 60.0 cm³/mol. The molecule has 1 fully saturated rings. The van der Waals surface area contributed by atoms with Crippen LogP contribution < -0.4 is 15.8 Å². The zero-order valence-electron chi connectivity index (χ0n) is 8.95. The van der Waals surface area contributed by atoms with Gasteiger partial charge >= 0.3 is 0 Å². The Morgan fingerprint density at radius 2 is 2.19 bits per heavy atom. The number of benzene rings is 1. The van der Waals surface area contributed by atoms with Crippen LogP contribution in [-0.4, -0.2) is 18.7 Å². The van der Waals surface area contributed by atoms with Crippen LogP contribution in [0.1, 0.15) is 12.8 Å². The number of hydrogen-bond acceptors (Lipinski definition) is 3. The Labute approximate surface area is 93.8 Å². The van der Waals surface area contributed by atoms with Gasteiger partial charge in [-0.1, -0.05) is 0 Å². The van der Waals surface area contributed by atoms with E-state index in [1.807, 2.05) is 0 Å². The quantitative estimate of drug-likeness (QED) is 0.760. The molecule has 1 heterocycles. The number of ether oxygens (including phenoxy) is 1. The summed E-state index contributed by atoms with van der Waals surface area (Å²) in [5, 5.41) is 3.14. The minimum atomic E-state index is -0.256. The predicted octanol–water partition coefficient (Wildman–Crippen LogP) is 1.74. The lowest BCUT2D eigenvalue weighted by Crippen LogP contribution is -2.43. The zero-order chi connectivity index (χ0) is 11.1. The summed E-state index contributed by atoms with van der Waals surface area (Å²) in [6.45, 7) is 0.637. The Balaban J connectivity index is 1.90. The largest absolute Gasteiger partial charge is 0.486 e. The van der Waals surface area contributed by atoms with Crippen molar-refractivity contribution in [1.29, 1.82) is 0 Å². The van der Waals surface area contributed by atoms with Crippen molar-refractivity contribution in [2.24, 2.45) is 11.7 Å². The smallest absolute Gasteiger partial charge is 0.143 e. The first kappa shape index (κ1) is 9.90. The zero-order valence-corrected chi connectivity index (χ0v) is 8.95. The Morgan fingerprint density at radius 3 is 2.94 bits per heavy atom. The fraction of sp³-hybridized carbons (Fsp3) is 0.500. The van der Waals surface area contributed by atoms with E-state index < -0.39 is 0 Å². The van der Waals surface area contributed by atoms with E-state index in [9.17, 15) is 4.39 Å². The van der Waals surface area contributed by atoms with Crippen LogP contribution in [0.15, 0.2) is 18.2 Å². The van der Waals surface area contributed by atoms with E-state index in [1.165, 1.54) is 25.0 Å². The molecular formula is C12H15FN2O. The Hall–Kier alpha value is -1.29. The van der Waals surface area contributed by atoms with Gasteiger partial charge < -0.3 is 15.8 Å². The van der Waals surface area contributed by atoms with Crippen LogP contribution in [0.25, 0.3) is 0 Å². The molecule has 4 heteroatoms. The molecule has 0 bridgehead atoms. The summed E-state index contributed by atoms with van der Waals surface area (Å²) in [6.07, 6.45) is 2.45. The molecule has 1 aliphatic heterocycles. The molecule has 16 heavy (non-hydrogen) atoms. The average Bonchev–Trinajstić information content (AvgIpc) is 3.07. The highest BCUT2D eigenvalue weighted by atomic mass is 19.1. The summed E-state index contributed by atoms with van der Waals surface area (Å²) >= 11 is 0. The molecule has 3 N–H and O–H groups in total. The van der Waals surface area contributed by atoms with E-state index in [-0.39, 0.29) is 18.0 Å². The van der Waals surface area contributed by atoms with E-state index in [1.54, 1.807) is 6.07 Å². The molecule has 1 saturated carbocycles. The standard InChI is InChI=1S/C12H15FN2O/c13-8-3-4-11-10(5-8)15-6-9(14)12(16-11)7-1-2-7/h3-5,7,9,12,15H,1-2,6,14H2/t9-,12+/m1/s1. The summed E-state index contributed by atoms with van der Waals surface area (Å²) in [5.74, 6) is 1.03. The molecule has 2 atom stereocenters. The molecule has 1 aromatic carbocycles. The normalized spacial score (nSPS) is 28.6. The van der Waals surface area contributed by atoms with Gasteiger partial charge in [0, 0.05) is 12.6 Å². The lowest BCUT2D eigenvalue weighted by molar-refractivity contribution is 0.158. The molecule has 0 unspecified atom stereocenters. The molecule has 0 radical (unpaired) electrons. The maximum Gasteiger partial charge on any atom is 0.143 e. The van der Waals surface area contributed by atoms with Crippen LogP contribution in [-0.2, 0) is 0 Å². The van der Waals surface area contributed by atoms with Gasteiger partial charge in [0.2, 0.25) is 0 Å². The average molecular weight is 222 g/mol. The van der Waals surface area contributed by atoms with Gasteiger partial charge in [0.15, 0.2) is 0 Å². The van der Waals surface area contributed by atoms with E-state index >= 15 is 0 Å². The van der Waals surface area contributed by atoms with Crippen LogP contribution in [0.3, 0.4) is 0 Å². The summed E-state index contributed by atoms with van der Waals surface area (Å²) < 4.78 is 19.0. The van der Waals surface area contributed by atoms with Crippen LogP contribution >= 0.6 is 0 Å². The van der Waals surface area contributed by atoms with E-state index in [4.69, 9.17) is 10.5 Å². The van der Waals surface area contributed by atoms with Gasteiger partial charge in [-0.05, 0) is 30.9 Å². The second kappa shape index (κ2) is 3.63. The summed E-state index contributed by atoms with van der Waals surface area (Å²) in [5.41, 5.74) is 6.76. The number of nitrogens with one attached hydrogen (secondary N) is 1. The number of anilines is 1. The molecule has 2 aliphatic rings. The van der Waals surface area contributed by atoms with Crippen molar-refractivity contribution < 1.29 is 9.13 Å². The molecule has 3 nitrogen and oxygen atoms in total. The summed E-state index contributed by atoms with van der Waals surface area (Å²) in [7, 11) is 0. The Morgan fingerprint density at radius 1 is 1.38 bits per heavy atom. The molecule has 86 valence electrons. The fourth-order valence-electron chi connectivity index (χ4n) is 2.19. The van der Waals surface area contributed by atoms with Crippen LogP contribution in [0.2, 0.25) is 0 Å². The number of nitrogens with two attached hydrogens (primary N) is 1. The van der Waals surface area contributed by atoms with Crippen molar-refractivity contribution in [3.8, 4) is 5.75 Å². The molecular weight excluding hydrogens is 207 g/mol. The monoisotopic (exact) mass is 222 g/mol. The molecule has 1 aliphatic carbocycles. The first-order valence-electron chi connectivity index (χ1n) is 5.70. The summed E-state index contributed by atoms with van der Waals surface area (Å²) in [6, 6.07) is 4.52. The minimum absolute atomic E-state index is 0.0250. The number of fused-ring (bicyclic) bond motifs is 1. The first-order valence-corrected chi connectivity index (χ1v) is 5.70. The van der Waals surface area contributed by atoms with Crippen LogP contribution in [0, 0.1) is 11.7 Å². The van der Waals surface area contributed by atoms with Crippen LogP contribution in [0.5, 0.6) is 5.75 Å². The van der Waals surface area contributed by atoms with Crippen molar-refractivity contribution in [2.75, 3.05) is 11.9 Å². The van der Waals surface area contributed by atoms with E-state index in [0.717, 1.165) is 0 Å². The van der Waals surface area contributed by atoms with Crippen molar-refractivity contribution in [3.63, 3.8) is 0 Å². The topological polar surface area (TPSA) is 47.3 Å². The van der Waals surface area contributed by atoms with Crippen molar-refractivity contribution in [2.45, 2.75) is 25.0 Å². The summed E-state index contributed by atoms with van der Waals surface area (Å²) in [4.78, 5) is 0. The molecule has 0 amide bonds. The molecule has 0 saturated heterocycles. The van der Waals surface area contributed by atoms with Gasteiger partial charge in [-0.15, -0.1) is 0 Å². The minimum Gasteiger partial charge on any atom is -0.486 e. The van der Waals surface area contributed by atoms with E-state index in [2.05, 4.69) is 5.32 Å². The first-order chi connectivity index (χ1) is 7.74. The molecule has 3 rings (SSSR count). The third-order valence-corrected chi connectivity index (χ3v) is 3.24. The second-order valence-corrected chi connectivity index (χ2v) is 4.61. The van der Waals surface area contributed by atoms with E-state index in [0.29, 0.717) is 23.9 Å². The fourth-order valence-corrected chi connectivity index (χ4v) is 2.19. The second-order valence-electron chi connectivity index (χ2n) is 4.61. The highest BCUT2D eigenvalue weighted by molar-refractivity contribution is 5.57. The highest BCUT2D eigenvalue weighted by Crippen LogP contribution is 2.39. The number of rotatable bonds is 1. The third-order valence-electron chi connectivity index (χ3n) is 3.24. The lowest BCUT2D eigenvalue weighted by atomic mass is 10.1. The van der Waals surface area contributed by atoms with Gasteiger partial charge in [0.25, 0.3) is 0 Å². The maximum absolute atomic E-state index is 13.1. The van der Waals surface area contributed by atoms with Gasteiger partial charge in [-0.25, -0.2) is 4.39 Å². The van der Waals surface area contributed by atoms with Gasteiger partial charge in [0.1, 0.15) is 17.7 Å². The van der Waals surface area contributed by atoms with Crippen molar-refractivity contribution in [3.05, 3.63) is 24.0 Å².